The van der Waals surface area contributed by atoms with Crippen molar-refractivity contribution in [2.75, 3.05) is 30.0 Å². The Bertz CT molecular complexity index is 776. The van der Waals surface area contributed by atoms with Gasteiger partial charge in [-0.2, -0.15) is 0 Å². The molecule has 142 valence electrons. The van der Waals surface area contributed by atoms with Gasteiger partial charge in [-0.15, -0.1) is 0 Å². The van der Waals surface area contributed by atoms with E-state index in [1.807, 2.05) is 4.90 Å². The van der Waals surface area contributed by atoms with Gasteiger partial charge in [0.15, 0.2) is 14.9 Å². The van der Waals surface area contributed by atoms with Gasteiger partial charge in [-0.1, -0.05) is 0 Å². The number of benzene rings is 1. The summed E-state index contributed by atoms with van der Waals surface area (Å²) < 4.78 is 29.4. The average molecular weight is 399 g/mol. The topological polar surface area (TPSA) is 102 Å². The summed E-state index contributed by atoms with van der Waals surface area (Å²) in [7, 11) is -3.04. The molecule has 2 saturated heterocycles. The van der Waals surface area contributed by atoms with E-state index in [2.05, 4.69) is 5.32 Å². The van der Waals surface area contributed by atoms with Gasteiger partial charge < -0.3 is 15.0 Å². The van der Waals surface area contributed by atoms with Gasteiger partial charge >= 0.3 is 0 Å². The third-order valence-electron chi connectivity index (χ3n) is 4.66. The smallest absolute Gasteiger partial charge is 0.269 e. The Morgan fingerprint density at radius 1 is 1.35 bits per heavy atom. The molecule has 0 radical (unpaired) electrons. The van der Waals surface area contributed by atoms with Crippen molar-refractivity contribution in [1.82, 2.24) is 4.90 Å². The molecule has 2 heterocycles. The largest absolute Gasteiger partial charge is 0.376 e. The zero-order valence-corrected chi connectivity index (χ0v) is 15.8. The van der Waals surface area contributed by atoms with Crippen LogP contribution in [0.5, 0.6) is 0 Å². The molecule has 10 heteroatoms. The fraction of sp³-hybridized carbons (Fsp3) is 0.562. The van der Waals surface area contributed by atoms with Crippen LogP contribution in [0, 0.1) is 10.1 Å². The quantitative estimate of drug-likeness (QED) is 0.455. The molecule has 0 aliphatic carbocycles. The number of rotatable bonds is 5. The standard InChI is InChI=1S/C16H21N3O5S2/c20-19(21)13-5-3-12(4-6-13)17-16(25)18(10-15-2-1-8-24-15)14-7-9-26(22,23)11-14/h3-6,14-15H,1-2,7-11H2,(H,17,25)/t14-,15-/m0/s1. The van der Waals surface area contributed by atoms with E-state index in [9.17, 15) is 18.5 Å². The number of non-ortho nitro benzene ring substituents is 1. The van der Waals surface area contributed by atoms with Gasteiger partial charge in [-0.3, -0.25) is 10.1 Å². The van der Waals surface area contributed by atoms with Gasteiger partial charge in [-0.25, -0.2) is 8.42 Å². The molecule has 0 saturated carbocycles. The van der Waals surface area contributed by atoms with Crippen molar-refractivity contribution in [3.8, 4) is 0 Å². The lowest BCUT2D eigenvalue weighted by Gasteiger charge is -2.33. The maximum Gasteiger partial charge on any atom is 0.269 e. The van der Waals surface area contributed by atoms with E-state index in [0.717, 1.165) is 12.8 Å². The second-order valence-electron chi connectivity index (χ2n) is 6.58. The zero-order valence-electron chi connectivity index (χ0n) is 14.2. The number of ether oxygens (including phenoxy) is 1. The zero-order chi connectivity index (χ0) is 18.7. The maximum atomic E-state index is 11.9. The molecule has 0 bridgehead atoms. The predicted octanol–water partition coefficient (Wildman–Crippen LogP) is 1.96. The Hall–Kier alpha value is -1.78. The van der Waals surface area contributed by atoms with Crippen molar-refractivity contribution in [3.05, 3.63) is 34.4 Å². The summed E-state index contributed by atoms with van der Waals surface area (Å²) in [5, 5.41) is 14.2. The number of nitrogens with one attached hydrogen (secondary N) is 1. The summed E-state index contributed by atoms with van der Waals surface area (Å²) in [5.74, 6) is 0.252. The lowest BCUT2D eigenvalue weighted by atomic mass is 10.2. The highest BCUT2D eigenvalue weighted by atomic mass is 32.2. The number of nitro benzene ring substituents is 1. The Kier molecular flexibility index (Phi) is 5.73. The maximum absolute atomic E-state index is 11.9. The highest BCUT2D eigenvalue weighted by molar-refractivity contribution is 7.91. The third kappa shape index (κ3) is 4.68. The summed E-state index contributed by atoms with van der Waals surface area (Å²) in [6.45, 7) is 1.25. The number of nitro groups is 1. The summed E-state index contributed by atoms with van der Waals surface area (Å²) in [6, 6.07) is 5.78. The van der Waals surface area contributed by atoms with Crippen LogP contribution in [0.3, 0.4) is 0 Å². The highest BCUT2D eigenvalue weighted by Crippen LogP contribution is 2.23. The van der Waals surface area contributed by atoms with E-state index in [0.29, 0.717) is 30.4 Å². The first-order valence-electron chi connectivity index (χ1n) is 8.48. The predicted molar refractivity (Wildman–Crippen MR) is 102 cm³/mol. The van der Waals surface area contributed by atoms with Crippen molar-refractivity contribution in [2.24, 2.45) is 0 Å². The summed E-state index contributed by atoms with van der Waals surface area (Å²) in [6.07, 6.45) is 2.49. The second kappa shape index (κ2) is 7.85. The van der Waals surface area contributed by atoms with Crippen molar-refractivity contribution in [3.63, 3.8) is 0 Å². The molecular formula is C16H21N3O5S2. The van der Waals surface area contributed by atoms with Gasteiger partial charge in [-0.05, 0) is 43.6 Å². The van der Waals surface area contributed by atoms with E-state index in [1.54, 1.807) is 12.1 Å². The minimum Gasteiger partial charge on any atom is -0.376 e. The Labute approximate surface area is 157 Å². The van der Waals surface area contributed by atoms with Crippen LogP contribution in [0.4, 0.5) is 11.4 Å². The fourth-order valence-electron chi connectivity index (χ4n) is 3.29. The first-order valence-corrected chi connectivity index (χ1v) is 10.7. The van der Waals surface area contributed by atoms with Crippen LogP contribution in [0.15, 0.2) is 24.3 Å². The Morgan fingerprint density at radius 3 is 2.62 bits per heavy atom. The van der Waals surface area contributed by atoms with E-state index >= 15 is 0 Å². The average Bonchev–Trinajstić information content (AvgIpc) is 3.22. The van der Waals surface area contributed by atoms with Crippen LogP contribution < -0.4 is 5.32 Å². The summed E-state index contributed by atoms with van der Waals surface area (Å²) in [5.41, 5.74) is 0.623. The number of hydrogen-bond donors (Lipinski definition) is 1. The Balaban J connectivity index is 1.72. The molecule has 0 amide bonds. The van der Waals surface area contributed by atoms with Gasteiger partial charge in [0.05, 0.1) is 22.5 Å². The number of hydrogen-bond acceptors (Lipinski definition) is 6. The number of nitrogens with zero attached hydrogens (tertiary/aromatic N) is 2. The van der Waals surface area contributed by atoms with Gasteiger partial charge in [0.1, 0.15) is 0 Å². The lowest BCUT2D eigenvalue weighted by Crippen LogP contribution is -2.47. The molecule has 3 rings (SSSR count). The van der Waals surface area contributed by atoms with E-state index < -0.39 is 14.8 Å². The second-order valence-corrected chi connectivity index (χ2v) is 9.19. The van der Waals surface area contributed by atoms with E-state index in [-0.39, 0.29) is 29.3 Å². The Morgan fingerprint density at radius 2 is 2.08 bits per heavy atom. The molecule has 1 N–H and O–H groups in total. The molecule has 0 aromatic heterocycles. The van der Waals surface area contributed by atoms with Crippen molar-refractivity contribution >= 4 is 38.5 Å². The first kappa shape index (κ1) is 19.0. The molecule has 1 aromatic carbocycles. The van der Waals surface area contributed by atoms with Crippen LogP contribution in [-0.4, -0.2) is 60.2 Å². The molecule has 2 fully saturated rings. The third-order valence-corrected chi connectivity index (χ3v) is 6.75. The normalized spacial score (nSPS) is 24.3. The van der Waals surface area contributed by atoms with Gasteiger partial charge in [0.25, 0.3) is 5.69 Å². The molecule has 2 atom stereocenters. The van der Waals surface area contributed by atoms with Crippen LogP contribution in [-0.2, 0) is 14.6 Å². The fourth-order valence-corrected chi connectivity index (χ4v) is 5.36. The van der Waals surface area contributed by atoms with Gasteiger partial charge in [0.2, 0.25) is 0 Å². The molecule has 0 spiro atoms. The first-order chi connectivity index (χ1) is 12.3. The SMILES string of the molecule is O=[N+]([O-])c1ccc(NC(=S)N(C[C@@H]2CCCO2)[C@H]2CCS(=O)(=O)C2)cc1. The van der Waals surface area contributed by atoms with E-state index in [1.165, 1.54) is 12.1 Å². The highest BCUT2D eigenvalue weighted by Gasteiger charge is 2.35. The minimum absolute atomic E-state index is 0.000401. The van der Waals surface area contributed by atoms with Gasteiger partial charge in [0, 0.05) is 37.0 Å². The molecule has 1 aromatic rings. The molecule has 26 heavy (non-hydrogen) atoms. The van der Waals surface area contributed by atoms with Crippen LogP contribution >= 0.6 is 12.2 Å². The lowest BCUT2D eigenvalue weighted by molar-refractivity contribution is -0.384. The number of anilines is 1. The van der Waals surface area contributed by atoms with Crippen molar-refractivity contribution in [1.29, 1.82) is 0 Å². The monoisotopic (exact) mass is 399 g/mol. The molecule has 2 aliphatic heterocycles. The molecule has 8 nitrogen and oxygen atoms in total. The van der Waals surface area contributed by atoms with Crippen LogP contribution in [0.25, 0.3) is 0 Å². The summed E-state index contributed by atoms with van der Waals surface area (Å²) in [4.78, 5) is 12.2. The molecular weight excluding hydrogens is 378 g/mol. The van der Waals surface area contributed by atoms with Crippen LogP contribution in [0.2, 0.25) is 0 Å². The number of thiocarbonyl (C=S) groups is 1. The van der Waals surface area contributed by atoms with E-state index in [4.69, 9.17) is 17.0 Å². The number of sulfone groups is 1. The van der Waals surface area contributed by atoms with Crippen molar-refractivity contribution in [2.45, 2.75) is 31.4 Å². The molecule has 0 unspecified atom stereocenters. The van der Waals surface area contributed by atoms with Crippen molar-refractivity contribution < 1.29 is 18.1 Å². The minimum atomic E-state index is -3.04. The van der Waals surface area contributed by atoms with Crippen LogP contribution in [0.1, 0.15) is 19.3 Å². The molecule has 2 aliphatic rings. The summed E-state index contributed by atoms with van der Waals surface area (Å²) >= 11 is 5.52.